The van der Waals surface area contributed by atoms with Crippen LogP contribution in [0.5, 0.6) is 0 Å². The second-order valence-corrected chi connectivity index (χ2v) is 9.83. The molecule has 29 heavy (non-hydrogen) atoms. The van der Waals surface area contributed by atoms with Crippen molar-refractivity contribution in [1.29, 1.82) is 0 Å². The van der Waals surface area contributed by atoms with Crippen LogP contribution in [0.15, 0.2) is 40.6 Å². The van der Waals surface area contributed by atoms with Crippen LogP contribution in [0.25, 0.3) is 0 Å². The molecule has 0 spiro atoms. The predicted molar refractivity (Wildman–Crippen MR) is 114 cm³/mol. The number of likely N-dealkylation sites (tertiary alicyclic amines) is 1. The van der Waals surface area contributed by atoms with Gasteiger partial charge in [0, 0.05) is 32.2 Å². The molecular weight excluding hydrogens is 410 g/mol. The molecule has 0 saturated carbocycles. The van der Waals surface area contributed by atoms with Gasteiger partial charge in [-0.1, -0.05) is 17.7 Å². The monoisotopic (exact) mass is 435 g/mol. The summed E-state index contributed by atoms with van der Waals surface area (Å²) in [6, 6.07) is 8.50. The maximum Gasteiger partial charge on any atom is 0.265 e. The smallest absolute Gasteiger partial charge is 0.265 e. The molecule has 0 aliphatic carbocycles. The topological polar surface area (TPSA) is 95.6 Å². The Labute approximate surface area is 175 Å². The number of sulfonamides is 1. The van der Waals surface area contributed by atoms with Crippen LogP contribution in [0.4, 0.5) is 5.69 Å². The molecule has 1 fully saturated rings. The van der Waals surface area contributed by atoms with Crippen molar-refractivity contribution < 1.29 is 18.0 Å². The summed E-state index contributed by atoms with van der Waals surface area (Å²) in [6.07, 6.45) is 1.56. The van der Waals surface area contributed by atoms with Crippen molar-refractivity contribution in [1.82, 2.24) is 10.2 Å². The molecule has 3 rings (SSSR count). The minimum absolute atomic E-state index is 0.00782. The number of thiophene rings is 1. The van der Waals surface area contributed by atoms with Crippen molar-refractivity contribution in [2.24, 2.45) is 5.92 Å². The van der Waals surface area contributed by atoms with Crippen molar-refractivity contribution in [3.05, 3.63) is 46.2 Å². The van der Waals surface area contributed by atoms with Crippen LogP contribution in [0.3, 0.4) is 0 Å². The standard InChI is InChI=1S/C20H25N3O4S2/c1-14-3-5-17(6-4-14)22-29(26,27)18-9-12-28-19(18)20(25)23-10-7-16(8-11-23)13-21-15(2)24/h3-6,9,12,16,22H,7-8,10-11,13H2,1-2H3,(H,21,24). The van der Waals surface area contributed by atoms with E-state index in [-0.39, 0.29) is 21.6 Å². The Balaban J connectivity index is 1.68. The van der Waals surface area contributed by atoms with Gasteiger partial charge in [0.05, 0.1) is 0 Å². The minimum atomic E-state index is -3.86. The van der Waals surface area contributed by atoms with E-state index in [0.29, 0.717) is 31.2 Å². The van der Waals surface area contributed by atoms with E-state index in [1.54, 1.807) is 22.4 Å². The van der Waals surface area contributed by atoms with Crippen LogP contribution in [-0.4, -0.2) is 44.8 Å². The van der Waals surface area contributed by atoms with E-state index in [1.165, 1.54) is 13.0 Å². The number of aryl methyl sites for hydroxylation is 1. The number of carbonyl (C=O) groups is 2. The largest absolute Gasteiger partial charge is 0.356 e. The average Bonchev–Trinajstić information content (AvgIpc) is 3.19. The Morgan fingerprint density at radius 1 is 1.14 bits per heavy atom. The molecule has 0 bridgehead atoms. The lowest BCUT2D eigenvalue weighted by Gasteiger charge is -2.32. The summed E-state index contributed by atoms with van der Waals surface area (Å²) < 4.78 is 28.2. The highest BCUT2D eigenvalue weighted by Crippen LogP contribution is 2.27. The maximum atomic E-state index is 13.0. The molecule has 2 aromatic rings. The third-order valence-electron chi connectivity index (χ3n) is 4.96. The number of rotatable bonds is 6. The fourth-order valence-electron chi connectivity index (χ4n) is 3.27. The fourth-order valence-corrected chi connectivity index (χ4v) is 5.72. The molecule has 1 aromatic heterocycles. The highest BCUT2D eigenvalue weighted by Gasteiger charge is 2.29. The molecule has 0 atom stereocenters. The molecular formula is C20H25N3O4S2. The van der Waals surface area contributed by atoms with Crippen molar-refractivity contribution in [3.63, 3.8) is 0 Å². The highest BCUT2D eigenvalue weighted by molar-refractivity contribution is 7.93. The molecule has 1 saturated heterocycles. The first-order valence-electron chi connectivity index (χ1n) is 9.47. The third-order valence-corrected chi connectivity index (χ3v) is 7.41. The summed E-state index contributed by atoms with van der Waals surface area (Å²) >= 11 is 1.14. The average molecular weight is 436 g/mol. The lowest BCUT2D eigenvalue weighted by molar-refractivity contribution is -0.119. The summed E-state index contributed by atoms with van der Waals surface area (Å²) in [6.45, 7) is 5.11. The second-order valence-electron chi connectivity index (χ2n) is 7.26. The van der Waals surface area contributed by atoms with Gasteiger partial charge >= 0.3 is 0 Å². The van der Waals surface area contributed by atoms with Crippen molar-refractivity contribution >= 4 is 38.9 Å². The zero-order valence-corrected chi connectivity index (χ0v) is 18.1. The van der Waals surface area contributed by atoms with E-state index in [4.69, 9.17) is 0 Å². The van der Waals surface area contributed by atoms with Crippen molar-refractivity contribution in [3.8, 4) is 0 Å². The van der Waals surface area contributed by atoms with Gasteiger partial charge in [0.1, 0.15) is 9.77 Å². The first-order chi connectivity index (χ1) is 13.8. The van der Waals surface area contributed by atoms with Gasteiger partial charge in [-0.15, -0.1) is 11.3 Å². The summed E-state index contributed by atoms with van der Waals surface area (Å²) in [4.78, 5) is 26.0. The summed E-state index contributed by atoms with van der Waals surface area (Å²) in [5, 5.41) is 4.44. The summed E-state index contributed by atoms with van der Waals surface area (Å²) in [5.74, 6) is 0.0120. The van der Waals surface area contributed by atoms with Crippen LogP contribution < -0.4 is 10.0 Å². The zero-order chi connectivity index (χ0) is 21.0. The molecule has 1 aliphatic rings. The number of nitrogens with one attached hydrogen (secondary N) is 2. The maximum absolute atomic E-state index is 13.0. The Kier molecular flexibility index (Phi) is 6.59. The van der Waals surface area contributed by atoms with E-state index < -0.39 is 10.0 Å². The van der Waals surface area contributed by atoms with Crippen molar-refractivity contribution in [2.45, 2.75) is 31.6 Å². The molecule has 2 N–H and O–H groups in total. The molecule has 2 heterocycles. The van der Waals surface area contributed by atoms with Crippen molar-refractivity contribution in [2.75, 3.05) is 24.4 Å². The summed E-state index contributed by atoms with van der Waals surface area (Å²) in [7, 11) is -3.86. The molecule has 0 unspecified atom stereocenters. The number of amides is 2. The van der Waals surface area contributed by atoms with E-state index in [0.717, 1.165) is 29.7 Å². The number of benzene rings is 1. The Bertz CT molecular complexity index is 975. The molecule has 0 radical (unpaired) electrons. The van der Waals surface area contributed by atoms with Crippen LogP contribution >= 0.6 is 11.3 Å². The lowest BCUT2D eigenvalue weighted by atomic mass is 9.96. The van der Waals surface area contributed by atoms with Gasteiger partial charge in [-0.25, -0.2) is 8.42 Å². The van der Waals surface area contributed by atoms with Crippen LogP contribution in [0, 0.1) is 12.8 Å². The number of carbonyl (C=O) groups excluding carboxylic acids is 2. The van der Waals surface area contributed by atoms with Crippen LogP contribution in [0.2, 0.25) is 0 Å². The zero-order valence-electron chi connectivity index (χ0n) is 16.5. The molecule has 156 valence electrons. The molecule has 9 heteroatoms. The number of anilines is 1. The third kappa shape index (κ3) is 5.36. The molecule has 1 aromatic carbocycles. The van der Waals surface area contributed by atoms with Gasteiger partial charge in [-0.3, -0.25) is 14.3 Å². The number of hydrogen-bond acceptors (Lipinski definition) is 5. The first kappa shape index (κ1) is 21.3. The molecule has 2 amide bonds. The van der Waals surface area contributed by atoms with Crippen LogP contribution in [-0.2, 0) is 14.8 Å². The van der Waals surface area contributed by atoms with Gasteiger partial charge in [-0.2, -0.15) is 0 Å². The fraction of sp³-hybridized carbons (Fsp3) is 0.400. The van der Waals surface area contributed by atoms with Gasteiger partial charge in [-0.05, 0) is 49.3 Å². The first-order valence-corrected chi connectivity index (χ1v) is 11.8. The Morgan fingerprint density at radius 2 is 1.79 bits per heavy atom. The van der Waals surface area contributed by atoms with E-state index >= 15 is 0 Å². The molecule has 7 nitrogen and oxygen atoms in total. The van der Waals surface area contributed by atoms with E-state index in [2.05, 4.69) is 10.0 Å². The predicted octanol–water partition coefficient (Wildman–Crippen LogP) is 2.85. The van der Waals surface area contributed by atoms with Crippen LogP contribution in [0.1, 0.15) is 35.0 Å². The quantitative estimate of drug-likeness (QED) is 0.729. The van der Waals surface area contributed by atoms with Gasteiger partial charge in [0.2, 0.25) is 5.91 Å². The number of piperidine rings is 1. The molecule has 1 aliphatic heterocycles. The second kappa shape index (κ2) is 8.96. The van der Waals surface area contributed by atoms with E-state index in [1.807, 2.05) is 19.1 Å². The van der Waals surface area contributed by atoms with Gasteiger partial charge in [0.25, 0.3) is 15.9 Å². The summed E-state index contributed by atoms with van der Waals surface area (Å²) in [5.41, 5.74) is 1.49. The minimum Gasteiger partial charge on any atom is -0.356 e. The van der Waals surface area contributed by atoms with E-state index in [9.17, 15) is 18.0 Å². The SMILES string of the molecule is CC(=O)NCC1CCN(C(=O)c2sccc2S(=O)(=O)Nc2ccc(C)cc2)CC1. The Hall–Kier alpha value is -2.39. The highest BCUT2D eigenvalue weighted by atomic mass is 32.2. The normalized spacial score (nSPS) is 15.2. The number of hydrogen-bond donors (Lipinski definition) is 2. The number of nitrogens with zero attached hydrogens (tertiary/aromatic N) is 1. The van der Waals surface area contributed by atoms with Gasteiger partial charge < -0.3 is 10.2 Å². The Morgan fingerprint density at radius 3 is 2.41 bits per heavy atom. The van der Waals surface area contributed by atoms with Gasteiger partial charge in [0.15, 0.2) is 0 Å². The lowest BCUT2D eigenvalue weighted by Crippen LogP contribution is -2.41.